The molecule has 1 saturated heterocycles. The van der Waals surface area contributed by atoms with Crippen molar-refractivity contribution in [1.29, 1.82) is 0 Å². The first-order valence-corrected chi connectivity index (χ1v) is 11.0. The SMILES string of the molecule is CCSc1ccc(C(=O)NCc2ccc3c(c2)C(=O)N(C2CCC(=O)NC2=O)C3=O)nn1. The highest BCUT2D eigenvalue weighted by molar-refractivity contribution is 7.99. The third kappa shape index (κ3) is 4.11. The number of carbonyl (C=O) groups excluding carboxylic acids is 5. The molecule has 0 spiro atoms. The summed E-state index contributed by atoms with van der Waals surface area (Å²) >= 11 is 1.52. The van der Waals surface area contributed by atoms with Crippen molar-refractivity contribution in [2.75, 3.05) is 5.75 Å². The van der Waals surface area contributed by atoms with E-state index in [4.69, 9.17) is 0 Å². The number of rotatable bonds is 6. The maximum absolute atomic E-state index is 12.9. The summed E-state index contributed by atoms with van der Waals surface area (Å²) in [5, 5.41) is 13.5. The van der Waals surface area contributed by atoms with Gasteiger partial charge in [-0.05, 0) is 42.0 Å². The summed E-state index contributed by atoms with van der Waals surface area (Å²) in [7, 11) is 0. The molecule has 0 radical (unpaired) electrons. The average Bonchev–Trinajstić information content (AvgIpc) is 3.03. The quantitative estimate of drug-likeness (QED) is 0.486. The van der Waals surface area contributed by atoms with Crippen molar-refractivity contribution < 1.29 is 24.0 Å². The highest BCUT2D eigenvalue weighted by Gasteiger charge is 2.44. The molecule has 1 aromatic heterocycles. The first-order valence-electron chi connectivity index (χ1n) is 9.98. The number of amides is 5. The van der Waals surface area contributed by atoms with Crippen LogP contribution in [0.2, 0.25) is 0 Å². The number of piperidine rings is 1. The summed E-state index contributed by atoms with van der Waals surface area (Å²) in [6.07, 6.45) is 0.151. The van der Waals surface area contributed by atoms with E-state index < -0.39 is 35.6 Å². The highest BCUT2D eigenvalue weighted by atomic mass is 32.2. The van der Waals surface area contributed by atoms with E-state index in [1.54, 1.807) is 18.2 Å². The van der Waals surface area contributed by atoms with Gasteiger partial charge in [0.1, 0.15) is 11.1 Å². The summed E-state index contributed by atoms with van der Waals surface area (Å²) < 4.78 is 0. The van der Waals surface area contributed by atoms with Crippen LogP contribution in [0.3, 0.4) is 0 Å². The van der Waals surface area contributed by atoms with Gasteiger partial charge in [-0.25, -0.2) is 0 Å². The number of carbonyl (C=O) groups is 5. The van der Waals surface area contributed by atoms with E-state index in [2.05, 4.69) is 20.8 Å². The molecule has 0 aliphatic carbocycles. The predicted molar refractivity (Wildman–Crippen MR) is 113 cm³/mol. The molecule has 1 atom stereocenters. The lowest BCUT2D eigenvalue weighted by Crippen LogP contribution is -2.54. The number of hydrogen-bond donors (Lipinski definition) is 2. The van der Waals surface area contributed by atoms with E-state index in [9.17, 15) is 24.0 Å². The van der Waals surface area contributed by atoms with Crippen molar-refractivity contribution in [3.8, 4) is 0 Å². The number of aromatic nitrogens is 2. The van der Waals surface area contributed by atoms with Gasteiger partial charge in [-0.2, -0.15) is 0 Å². The molecule has 2 aliphatic rings. The van der Waals surface area contributed by atoms with Crippen LogP contribution in [0, 0.1) is 0 Å². The van der Waals surface area contributed by atoms with Gasteiger partial charge in [-0.1, -0.05) is 13.0 Å². The molecule has 1 aromatic carbocycles. The van der Waals surface area contributed by atoms with Crippen molar-refractivity contribution in [2.24, 2.45) is 0 Å². The third-order valence-corrected chi connectivity index (χ3v) is 5.92. The number of benzene rings is 1. The van der Waals surface area contributed by atoms with Gasteiger partial charge in [0.2, 0.25) is 11.8 Å². The lowest BCUT2D eigenvalue weighted by atomic mass is 10.0. The second-order valence-electron chi connectivity index (χ2n) is 7.20. The fraction of sp³-hybridized carbons (Fsp3) is 0.286. The molecular formula is C21H19N5O5S. The van der Waals surface area contributed by atoms with E-state index in [0.717, 1.165) is 15.7 Å². The maximum Gasteiger partial charge on any atom is 0.272 e. The summed E-state index contributed by atoms with van der Waals surface area (Å²) in [5.41, 5.74) is 1.12. The average molecular weight is 453 g/mol. The molecule has 1 unspecified atom stereocenters. The van der Waals surface area contributed by atoms with E-state index >= 15 is 0 Å². The van der Waals surface area contributed by atoms with E-state index in [0.29, 0.717) is 5.56 Å². The van der Waals surface area contributed by atoms with Crippen LogP contribution in [0.1, 0.15) is 56.5 Å². The Morgan fingerprint density at radius 2 is 1.91 bits per heavy atom. The Hall–Kier alpha value is -3.60. The minimum atomic E-state index is -1.02. The summed E-state index contributed by atoms with van der Waals surface area (Å²) in [6.45, 7) is 2.10. The number of nitrogens with one attached hydrogen (secondary N) is 2. The Bertz CT molecular complexity index is 1130. The van der Waals surface area contributed by atoms with E-state index in [1.165, 1.54) is 23.9 Å². The molecule has 32 heavy (non-hydrogen) atoms. The monoisotopic (exact) mass is 453 g/mol. The van der Waals surface area contributed by atoms with Crippen LogP contribution in [-0.2, 0) is 16.1 Å². The predicted octanol–water partition coefficient (Wildman–Crippen LogP) is 0.920. The van der Waals surface area contributed by atoms with Crippen LogP contribution in [0.25, 0.3) is 0 Å². The normalized spacial score (nSPS) is 17.9. The molecule has 2 aliphatic heterocycles. The van der Waals surface area contributed by atoms with Gasteiger partial charge in [0.05, 0.1) is 11.1 Å². The molecule has 4 rings (SSSR count). The Kier molecular flexibility index (Phi) is 5.99. The van der Waals surface area contributed by atoms with Gasteiger partial charge in [0.25, 0.3) is 17.7 Å². The summed E-state index contributed by atoms with van der Waals surface area (Å²) in [6, 6.07) is 6.94. The maximum atomic E-state index is 12.9. The molecule has 2 aromatic rings. The molecule has 1 fully saturated rings. The molecule has 3 heterocycles. The highest BCUT2D eigenvalue weighted by Crippen LogP contribution is 2.28. The second-order valence-corrected chi connectivity index (χ2v) is 8.48. The zero-order valence-electron chi connectivity index (χ0n) is 17.1. The van der Waals surface area contributed by atoms with Crippen LogP contribution < -0.4 is 10.6 Å². The zero-order chi connectivity index (χ0) is 22.8. The number of imide groups is 2. The van der Waals surface area contributed by atoms with Gasteiger partial charge < -0.3 is 5.32 Å². The van der Waals surface area contributed by atoms with Crippen LogP contribution in [-0.4, -0.2) is 56.4 Å². The van der Waals surface area contributed by atoms with Crippen molar-refractivity contribution in [3.05, 3.63) is 52.7 Å². The molecule has 10 nitrogen and oxygen atoms in total. The Labute approximate surface area is 187 Å². The first kappa shape index (κ1) is 21.6. The minimum Gasteiger partial charge on any atom is -0.347 e. The number of thioether (sulfide) groups is 1. The number of nitrogens with zero attached hydrogens (tertiary/aromatic N) is 3. The third-order valence-electron chi connectivity index (χ3n) is 5.12. The molecule has 0 saturated carbocycles. The molecule has 2 N–H and O–H groups in total. The van der Waals surface area contributed by atoms with Crippen LogP contribution in [0.5, 0.6) is 0 Å². The molecular weight excluding hydrogens is 434 g/mol. The largest absolute Gasteiger partial charge is 0.347 e. The van der Waals surface area contributed by atoms with Gasteiger partial charge >= 0.3 is 0 Å². The molecule has 164 valence electrons. The van der Waals surface area contributed by atoms with E-state index in [1.807, 2.05) is 6.92 Å². The fourth-order valence-corrected chi connectivity index (χ4v) is 4.13. The van der Waals surface area contributed by atoms with E-state index in [-0.39, 0.29) is 36.2 Å². The standard InChI is InChI=1S/C21H19N5O5S/c1-2-32-17-8-5-14(24-25-17)18(28)22-10-11-3-4-12-13(9-11)21(31)26(20(12)30)15-6-7-16(27)23-19(15)29/h3-5,8-9,15H,2,6-7,10H2,1H3,(H,22,28)(H,23,27,29). The first-order chi connectivity index (χ1) is 15.4. The molecule has 11 heteroatoms. The topological polar surface area (TPSA) is 138 Å². The van der Waals surface area contributed by atoms with Crippen molar-refractivity contribution in [2.45, 2.75) is 37.4 Å². The summed E-state index contributed by atoms with van der Waals surface area (Å²) in [5.74, 6) is -1.82. The van der Waals surface area contributed by atoms with Crippen molar-refractivity contribution >= 4 is 41.3 Å². The Balaban J connectivity index is 1.45. The van der Waals surface area contributed by atoms with Crippen molar-refractivity contribution in [1.82, 2.24) is 25.7 Å². The fourth-order valence-electron chi connectivity index (χ4n) is 3.57. The van der Waals surface area contributed by atoms with Crippen molar-refractivity contribution in [3.63, 3.8) is 0 Å². The smallest absolute Gasteiger partial charge is 0.272 e. The van der Waals surface area contributed by atoms with Gasteiger partial charge in [0.15, 0.2) is 5.69 Å². The van der Waals surface area contributed by atoms with Crippen LogP contribution in [0.15, 0.2) is 35.4 Å². The van der Waals surface area contributed by atoms with Crippen LogP contribution >= 0.6 is 11.8 Å². The zero-order valence-corrected chi connectivity index (χ0v) is 17.9. The van der Waals surface area contributed by atoms with Crippen LogP contribution in [0.4, 0.5) is 0 Å². The lowest BCUT2D eigenvalue weighted by Gasteiger charge is -2.27. The van der Waals surface area contributed by atoms with Gasteiger partial charge in [-0.15, -0.1) is 22.0 Å². The Morgan fingerprint density at radius 1 is 1.12 bits per heavy atom. The van der Waals surface area contributed by atoms with Gasteiger partial charge in [0, 0.05) is 13.0 Å². The van der Waals surface area contributed by atoms with Gasteiger partial charge in [-0.3, -0.25) is 34.2 Å². The number of hydrogen-bond acceptors (Lipinski definition) is 8. The Morgan fingerprint density at radius 3 is 2.59 bits per heavy atom. The minimum absolute atomic E-state index is 0.0576. The molecule has 5 amide bonds. The second kappa shape index (κ2) is 8.87. The molecule has 0 bridgehead atoms. The lowest BCUT2D eigenvalue weighted by molar-refractivity contribution is -0.136. The number of fused-ring (bicyclic) bond motifs is 1. The summed E-state index contributed by atoms with van der Waals surface area (Å²) in [4.78, 5) is 62.3.